The first-order chi connectivity index (χ1) is 3.41. The van der Waals surface area contributed by atoms with E-state index in [1.54, 1.807) is 0 Å². The number of rotatable bonds is 3. The third kappa shape index (κ3) is 6.76. The molecular formula is C5H8ClI. The van der Waals surface area contributed by atoms with Crippen molar-refractivity contribution in [2.24, 2.45) is 0 Å². The summed E-state index contributed by atoms with van der Waals surface area (Å²) in [5, 5.41) is 0. The summed E-state index contributed by atoms with van der Waals surface area (Å²) in [6.45, 7) is 0. The maximum Gasteiger partial charge on any atom is 0.0226 e. The summed E-state index contributed by atoms with van der Waals surface area (Å²) in [5.74, 6) is 0.779. The van der Waals surface area contributed by atoms with Crippen LogP contribution in [0, 0.1) is 0 Å². The molecule has 0 N–H and O–H groups in total. The van der Waals surface area contributed by atoms with Crippen LogP contribution in [-0.2, 0) is 0 Å². The first-order valence-corrected chi connectivity index (χ1v) is 4.01. The Hall–Kier alpha value is 0.760. The second-order valence-electron chi connectivity index (χ2n) is 1.19. The molecule has 0 nitrogen and oxygen atoms in total. The van der Waals surface area contributed by atoms with Gasteiger partial charge < -0.3 is 0 Å². The molecule has 0 heterocycles. The Kier molecular flexibility index (Phi) is 7.49. The van der Waals surface area contributed by atoms with Crippen molar-refractivity contribution in [3.05, 3.63) is 10.2 Å². The number of hydrogen-bond donors (Lipinski definition) is 0. The minimum atomic E-state index is 0.779. The van der Waals surface area contributed by atoms with Gasteiger partial charge in [-0.25, -0.2) is 0 Å². The van der Waals surface area contributed by atoms with E-state index in [4.69, 9.17) is 11.6 Å². The molecule has 0 aliphatic heterocycles. The molecule has 42 valence electrons. The molecule has 0 unspecified atom stereocenters. The molecule has 0 radical (unpaired) electrons. The quantitative estimate of drug-likeness (QED) is 0.397. The summed E-state index contributed by atoms with van der Waals surface area (Å²) < 4.78 is 2.02. The molecule has 2 heteroatoms. The van der Waals surface area contributed by atoms with E-state index < -0.39 is 0 Å². The Balaban J connectivity index is 2.69. The van der Waals surface area contributed by atoms with E-state index in [9.17, 15) is 0 Å². The first-order valence-electron chi connectivity index (χ1n) is 2.23. The van der Waals surface area contributed by atoms with Gasteiger partial charge in [0, 0.05) is 5.88 Å². The van der Waals surface area contributed by atoms with E-state index in [0.717, 1.165) is 18.7 Å². The predicted octanol–water partition coefficient (Wildman–Crippen LogP) is 2.95. The van der Waals surface area contributed by atoms with Crippen molar-refractivity contribution < 1.29 is 0 Å². The highest BCUT2D eigenvalue weighted by atomic mass is 127. The van der Waals surface area contributed by atoms with Gasteiger partial charge >= 0.3 is 0 Å². The van der Waals surface area contributed by atoms with E-state index in [-0.39, 0.29) is 0 Å². The van der Waals surface area contributed by atoms with Crippen molar-refractivity contribution in [2.75, 3.05) is 5.88 Å². The van der Waals surface area contributed by atoms with E-state index in [1.807, 2.05) is 4.08 Å². The van der Waals surface area contributed by atoms with Gasteiger partial charge in [0.1, 0.15) is 0 Å². The fraction of sp³-hybridized carbons (Fsp3) is 0.600. The Bertz CT molecular complexity index is 52.0. The Morgan fingerprint density at radius 2 is 2.29 bits per heavy atom. The fourth-order valence-electron chi connectivity index (χ4n) is 0.258. The number of unbranched alkanes of at least 4 members (excludes halogenated alkanes) is 1. The zero-order valence-electron chi connectivity index (χ0n) is 4.03. The summed E-state index contributed by atoms with van der Waals surface area (Å²) in [4.78, 5) is 0. The van der Waals surface area contributed by atoms with Crippen LogP contribution < -0.4 is 0 Å². The normalized spacial score (nSPS) is 10.6. The lowest BCUT2D eigenvalue weighted by Gasteiger charge is -1.81. The number of allylic oxidation sites excluding steroid dienone is 1. The topological polar surface area (TPSA) is 0 Å². The molecule has 7 heavy (non-hydrogen) atoms. The second-order valence-corrected chi connectivity index (χ2v) is 2.29. The van der Waals surface area contributed by atoms with Gasteiger partial charge in [-0.15, -0.1) is 11.6 Å². The molecule has 0 amide bonds. The molecule has 0 aromatic carbocycles. The van der Waals surface area contributed by atoms with Crippen LogP contribution in [0.25, 0.3) is 0 Å². The lowest BCUT2D eigenvalue weighted by molar-refractivity contribution is 0.969. The van der Waals surface area contributed by atoms with Gasteiger partial charge in [0.25, 0.3) is 0 Å². The summed E-state index contributed by atoms with van der Waals surface area (Å²) >= 11 is 7.60. The summed E-state index contributed by atoms with van der Waals surface area (Å²) in [7, 11) is 0. The molecule has 0 aliphatic rings. The highest BCUT2D eigenvalue weighted by Gasteiger charge is 1.75. The van der Waals surface area contributed by atoms with E-state index in [2.05, 4.69) is 28.7 Å². The van der Waals surface area contributed by atoms with Crippen LogP contribution >= 0.6 is 34.2 Å². The predicted molar refractivity (Wildman–Crippen MR) is 43.1 cm³/mol. The maximum absolute atomic E-state index is 5.40. The molecule has 0 aromatic heterocycles. The van der Waals surface area contributed by atoms with Gasteiger partial charge in [-0.05, 0) is 16.9 Å². The van der Waals surface area contributed by atoms with Crippen molar-refractivity contribution in [1.29, 1.82) is 0 Å². The zero-order chi connectivity index (χ0) is 5.54. The Morgan fingerprint density at radius 1 is 1.57 bits per heavy atom. The third-order valence-corrected chi connectivity index (χ3v) is 1.37. The number of alkyl halides is 1. The monoisotopic (exact) mass is 230 g/mol. The third-order valence-electron chi connectivity index (χ3n) is 0.594. The molecule has 0 fully saturated rings. The summed E-state index contributed by atoms with van der Waals surface area (Å²) in [5.41, 5.74) is 0. The molecule has 0 aromatic rings. The molecule has 0 spiro atoms. The average Bonchev–Trinajstić information content (AvgIpc) is 1.69. The minimum absolute atomic E-state index is 0.779. The van der Waals surface area contributed by atoms with E-state index in [0.29, 0.717) is 0 Å². The molecule has 0 saturated carbocycles. The van der Waals surface area contributed by atoms with Gasteiger partial charge in [0.2, 0.25) is 0 Å². The van der Waals surface area contributed by atoms with E-state index >= 15 is 0 Å². The van der Waals surface area contributed by atoms with Crippen LogP contribution in [0.4, 0.5) is 0 Å². The molecular weight excluding hydrogens is 222 g/mol. The van der Waals surface area contributed by atoms with Gasteiger partial charge in [-0.2, -0.15) is 0 Å². The Morgan fingerprint density at radius 3 is 2.71 bits per heavy atom. The van der Waals surface area contributed by atoms with E-state index in [1.165, 1.54) is 0 Å². The fourth-order valence-corrected chi connectivity index (χ4v) is 0.772. The first kappa shape index (κ1) is 7.76. The van der Waals surface area contributed by atoms with Crippen LogP contribution in [0.15, 0.2) is 10.2 Å². The Labute approximate surface area is 63.1 Å². The molecule has 0 bridgehead atoms. The lowest BCUT2D eigenvalue weighted by Crippen LogP contribution is -1.68. The number of hydrogen-bond acceptors (Lipinski definition) is 0. The summed E-state index contributed by atoms with van der Waals surface area (Å²) in [6.07, 6.45) is 4.33. The van der Waals surface area contributed by atoms with Gasteiger partial charge in [-0.3, -0.25) is 0 Å². The highest BCUT2D eigenvalue weighted by molar-refractivity contribution is 14.1. The average molecular weight is 230 g/mol. The van der Waals surface area contributed by atoms with Gasteiger partial charge in [-0.1, -0.05) is 28.7 Å². The molecule has 0 saturated heterocycles. The largest absolute Gasteiger partial charge is 0.127 e. The van der Waals surface area contributed by atoms with Gasteiger partial charge in [0.15, 0.2) is 0 Å². The van der Waals surface area contributed by atoms with Crippen molar-refractivity contribution >= 4 is 34.2 Å². The SMILES string of the molecule is ClCCC/C=C/I. The highest BCUT2D eigenvalue weighted by Crippen LogP contribution is 1.94. The van der Waals surface area contributed by atoms with Crippen LogP contribution in [0.3, 0.4) is 0 Å². The number of halogens is 2. The molecule has 0 aliphatic carbocycles. The molecule has 0 atom stereocenters. The van der Waals surface area contributed by atoms with Crippen LogP contribution in [0.2, 0.25) is 0 Å². The van der Waals surface area contributed by atoms with Crippen molar-refractivity contribution in [3.63, 3.8) is 0 Å². The van der Waals surface area contributed by atoms with Crippen LogP contribution in [0.5, 0.6) is 0 Å². The second kappa shape index (κ2) is 6.76. The van der Waals surface area contributed by atoms with Crippen LogP contribution in [0.1, 0.15) is 12.8 Å². The van der Waals surface area contributed by atoms with Crippen molar-refractivity contribution in [2.45, 2.75) is 12.8 Å². The maximum atomic E-state index is 5.40. The molecule has 0 rings (SSSR count). The zero-order valence-corrected chi connectivity index (χ0v) is 6.95. The smallest absolute Gasteiger partial charge is 0.0226 e. The van der Waals surface area contributed by atoms with Crippen molar-refractivity contribution in [1.82, 2.24) is 0 Å². The van der Waals surface area contributed by atoms with Crippen LogP contribution in [-0.4, -0.2) is 5.88 Å². The standard InChI is InChI=1S/C5H8ClI/c6-4-2-1-3-5-7/h3,5H,1-2,4H2/b5-3+. The van der Waals surface area contributed by atoms with Gasteiger partial charge in [0.05, 0.1) is 0 Å². The lowest BCUT2D eigenvalue weighted by atomic mass is 10.3. The summed E-state index contributed by atoms with van der Waals surface area (Å²) in [6, 6.07) is 0. The minimum Gasteiger partial charge on any atom is -0.127 e. The van der Waals surface area contributed by atoms with Crippen molar-refractivity contribution in [3.8, 4) is 0 Å².